The SMILES string of the molecule is CC(CC(N)=O)C(N)C(=O)CN1CCCC1. The van der Waals surface area contributed by atoms with Gasteiger partial charge in [-0.15, -0.1) is 0 Å². The van der Waals surface area contributed by atoms with Crippen molar-refractivity contribution in [3.05, 3.63) is 0 Å². The Morgan fingerprint density at radius 3 is 2.38 bits per heavy atom. The quantitative estimate of drug-likeness (QED) is 0.639. The third-order valence-electron chi connectivity index (χ3n) is 3.09. The van der Waals surface area contributed by atoms with Crippen LogP contribution in [0.3, 0.4) is 0 Å². The van der Waals surface area contributed by atoms with Crippen LogP contribution in [-0.4, -0.2) is 42.3 Å². The van der Waals surface area contributed by atoms with Crippen molar-refractivity contribution in [3.63, 3.8) is 0 Å². The van der Waals surface area contributed by atoms with E-state index in [4.69, 9.17) is 11.5 Å². The standard InChI is InChI=1S/C11H21N3O2/c1-8(6-10(12)16)11(13)9(15)7-14-4-2-3-5-14/h8,11H,2-7,13H2,1H3,(H2,12,16). The normalized spacial score (nSPS) is 20.6. The molecule has 5 nitrogen and oxygen atoms in total. The van der Waals surface area contributed by atoms with E-state index in [1.807, 2.05) is 0 Å². The van der Waals surface area contributed by atoms with Gasteiger partial charge in [-0.1, -0.05) is 6.92 Å². The van der Waals surface area contributed by atoms with E-state index in [-0.39, 0.29) is 18.1 Å². The Kier molecular flexibility index (Phi) is 4.89. The van der Waals surface area contributed by atoms with Gasteiger partial charge in [-0.2, -0.15) is 0 Å². The number of amides is 1. The summed E-state index contributed by atoms with van der Waals surface area (Å²) in [6.07, 6.45) is 2.48. The summed E-state index contributed by atoms with van der Waals surface area (Å²) in [5, 5.41) is 0. The first-order valence-electron chi connectivity index (χ1n) is 5.79. The second-order valence-corrected chi connectivity index (χ2v) is 4.62. The van der Waals surface area contributed by atoms with Crippen LogP contribution in [0, 0.1) is 5.92 Å². The molecule has 0 bridgehead atoms. The number of nitrogens with two attached hydrogens (primary N) is 2. The van der Waals surface area contributed by atoms with Gasteiger partial charge in [-0.25, -0.2) is 0 Å². The first kappa shape index (κ1) is 13.1. The molecule has 0 aromatic rings. The number of carbonyl (C=O) groups is 2. The predicted molar refractivity (Wildman–Crippen MR) is 61.6 cm³/mol. The number of rotatable bonds is 6. The Balaban J connectivity index is 2.36. The summed E-state index contributed by atoms with van der Waals surface area (Å²) in [5.41, 5.74) is 10.9. The third-order valence-corrected chi connectivity index (χ3v) is 3.09. The maximum absolute atomic E-state index is 11.8. The molecule has 1 heterocycles. The highest BCUT2D eigenvalue weighted by Gasteiger charge is 2.24. The highest BCUT2D eigenvalue weighted by Crippen LogP contribution is 2.10. The summed E-state index contributed by atoms with van der Waals surface area (Å²) >= 11 is 0. The molecule has 4 N–H and O–H groups in total. The monoisotopic (exact) mass is 227 g/mol. The van der Waals surface area contributed by atoms with Crippen LogP contribution in [0.2, 0.25) is 0 Å². The summed E-state index contributed by atoms with van der Waals surface area (Å²) in [4.78, 5) is 24.6. The lowest BCUT2D eigenvalue weighted by Gasteiger charge is -2.20. The van der Waals surface area contributed by atoms with E-state index in [2.05, 4.69) is 4.90 Å². The fourth-order valence-electron chi connectivity index (χ4n) is 2.03. The molecule has 2 atom stereocenters. The Labute approximate surface area is 96.1 Å². The number of Topliss-reactive ketones (excluding diaryl/α,β-unsaturated/α-hetero) is 1. The van der Waals surface area contributed by atoms with Crippen LogP contribution in [-0.2, 0) is 9.59 Å². The molecule has 1 saturated heterocycles. The topological polar surface area (TPSA) is 89.4 Å². The molecule has 1 fully saturated rings. The fraction of sp³-hybridized carbons (Fsp3) is 0.818. The van der Waals surface area contributed by atoms with Gasteiger partial charge in [0.05, 0.1) is 12.6 Å². The van der Waals surface area contributed by atoms with Crippen molar-refractivity contribution in [2.45, 2.75) is 32.2 Å². The van der Waals surface area contributed by atoms with E-state index in [1.54, 1.807) is 6.92 Å². The molecule has 5 heteroatoms. The molecule has 1 aliphatic rings. The minimum atomic E-state index is -0.576. The number of hydrogen-bond donors (Lipinski definition) is 2. The Morgan fingerprint density at radius 2 is 1.88 bits per heavy atom. The zero-order valence-corrected chi connectivity index (χ0v) is 9.82. The van der Waals surface area contributed by atoms with E-state index in [0.29, 0.717) is 6.54 Å². The Hall–Kier alpha value is -0.940. The molecule has 0 aliphatic carbocycles. The zero-order chi connectivity index (χ0) is 12.1. The number of primary amides is 1. The average Bonchev–Trinajstić information content (AvgIpc) is 2.68. The van der Waals surface area contributed by atoms with Crippen LogP contribution in [0.25, 0.3) is 0 Å². The van der Waals surface area contributed by atoms with Crippen molar-refractivity contribution in [2.24, 2.45) is 17.4 Å². The largest absolute Gasteiger partial charge is 0.370 e. The molecule has 1 amide bonds. The van der Waals surface area contributed by atoms with Crippen molar-refractivity contribution in [1.29, 1.82) is 0 Å². The maximum atomic E-state index is 11.8. The number of ketones is 1. The molecular formula is C11H21N3O2. The van der Waals surface area contributed by atoms with Gasteiger partial charge in [-0.3, -0.25) is 14.5 Å². The Bertz CT molecular complexity index is 262. The van der Waals surface area contributed by atoms with E-state index in [0.717, 1.165) is 25.9 Å². The second kappa shape index (κ2) is 5.96. The maximum Gasteiger partial charge on any atom is 0.217 e. The van der Waals surface area contributed by atoms with Gasteiger partial charge < -0.3 is 11.5 Å². The Morgan fingerprint density at radius 1 is 1.31 bits per heavy atom. The summed E-state index contributed by atoms with van der Waals surface area (Å²) in [5.74, 6) is -0.569. The lowest BCUT2D eigenvalue weighted by Crippen LogP contribution is -2.43. The van der Waals surface area contributed by atoms with Gasteiger partial charge in [0.15, 0.2) is 5.78 Å². The van der Waals surface area contributed by atoms with Crippen LogP contribution in [0.15, 0.2) is 0 Å². The molecule has 0 saturated carbocycles. The molecule has 1 aliphatic heterocycles. The highest BCUT2D eigenvalue weighted by atomic mass is 16.1. The minimum Gasteiger partial charge on any atom is -0.370 e. The van der Waals surface area contributed by atoms with Gasteiger partial charge in [0.25, 0.3) is 0 Å². The molecular weight excluding hydrogens is 206 g/mol. The van der Waals surface area contributed by atoms with Crippen molar-refractivity contribution in [2.75, 3.05) is 19.6 Å². The van der Waals surface area contributed by atoms with Gasteiger partial charge in [0.2, 0.25) is 5.91 Å². The highest BCUT2D eigenvalue weighted by molar-refractivity contribution is 5.86. The van der Waals surface area contributed by atoms with Gasteiger partial charge >= 0.3 is 0 Å². The summed E-state index contributed by atoms with van der Waals surface area (Å²) in [7, 11) is 0. The molecule has 1 rings (SSSR count). The van der Waals surface area contributed by atoms with Crippen LogP contribution < -0.4 is 11.5 Å². The molecule has 16 heavy (non-hydrogen) atoms. The molecule has 0 aromatic heterocycles. The van der Waals surface area contributed by atoms with Crippen molar-refractivity contribution in [1.82, 2.24) is 4.90 Å². The number of likely N-dealkylation sites (tertiary alicyclic amines) is 1. The van der Waals surface area contributed by atoms with Crippen molar-refractivity contribution in [3.8, 4) is 0 Å². The van der Waals surface area contributed by atoms with E-state index in [1.165, 1.54) is 0 Å². The van der Waals surface area contributed by atoms with Gasteiger partial charge in [-0.05, 0) is 31.8 Å². The first-order valence-corrected chi connectivity index (χ1v) is 5.79. The van der Waals surface area contributed by atoms with Crippen LogP contribution in [0.1, 0.15) is 26.2 Å². The smallest absolute Gasteiger partial charge is 0.217 e. The second-order valence-electron chi connectivity index (χ2n) is 4.62. The van der Waals surface area contributed by atoms with Crippen molar-refractivity contribution < 1.29 is 9.59 Å². The lowest BCUT2D eigenvalue weighted by atomic mass is 9.95. The molecule has 2 unspecified atom stereocenters. The van der Waals surface area contributed by atoms with E-state index >= 15 is 0 Å². The van der Waals surface area contributed by atoms with Crippen LogP contribution in [0.5, 0.6) is 0 Å². The van der Waals surface area contributed by atoms with Crippen LogP contribution in [0.4, 0.5) is 0 Å². The van der Waals surface area contributed by atoms with Crippen molar-refractivity contribution >= 4 is 11.7 Å². The van der Waals surface area contributed by atoms with Gasteiger partial charge in [0, 0.05) is 6.42 Å². The minimum absolute atomic E-state index is 0.00986. The van der Waals surface area contributed by atoms with E-state index in [9.17, 15) is 9.59 Å². The fourth-order valence-corrected chi connectivity index (χ4v) is 2.03. The number of hydrogen-bond acceptors (Lipinski definition) is 4. The first-order chi connectivity index (χ1) is 7.50. The zero-order valence-electron chi connectivity index (χ0n) is 9.82. The number of carbonyl (C=O) groups excluding carboxylic acids is 2. The average molecular weight is 227 g/mol. The molecule has 0 aromatic carbocycles. The number of nitrogens with zero attached hydrogens (tertiary/aromatic N) is 1. The lowest BCUT2D eigenvalue weighted by molar-refractivity contribution is -0.123. The molecule has 0 radical (unpaired) electrons. The van der Waals surface area contributed by atoms with Gasteiger partial charge in [0.1, 0.15) is 0 Å². The van der Waals surface area contributed by atoms with Crippen LogP contribution >= 0.6 is 0 Å². The van der Waals surface area contributed by atoms with E-state index < -0.39 is 11.9 Å². The molecule has 92 valence electrons. The summed E-state index contributed by atoms with van der Waals surface area (Å²) in [6, 6.07) is -0.576. The summed E-state index contributed by atoms with van der Waals surface area (Å²) in [6.45, 7) is 4.15. The summed E-state index contributed by atoms with van der Waals surface area (Å²) < 4.78 is 0. The molecule has 0 spiro atoms. The predicted octanol–water partition coefficient (Wildman–Crippen LogP) is -0.510. The third kappa shape index (κ3) is 3.90.